The molecule has 0 amide bonds. The van der Waals surface area contributed by atoms with E-state index in [4.69, 9.17) is 11.6 Å². The van der Waals surface area contributed by atoms with E-state index in [1.807, 2.05) is 0 Å². The molecule has 0 radical (unpaired) electrons. The summed E-state index contributed by atoms with van der Waals surface area (Å²) in [6, 6.07) is 7.51. The number of hydrogen-bond acceptors (Lipinski definition) is 2. The average molecular weight is 342 g/mol. The number of halogens is 3. The molecule has 3 aromatic rings. The molecule has 0 saturated carbocycles. The van der Waals surface area contributed by atoms with Crippen LogP contribution in [0.1, 0.15) is 0 Å². The summed E-state index contributed by atoms with van der Waals surface area (Å²) in [6.45, 7) is 0. The fraction of sp³-hybridized carbons (Fsp3) is 0. The fourth-order valence-electron chi connectivity index (χ4n) is 1.83. The van der Waals surface area contributed by atoms with Crippen LogP contribution in [0.25, 0.3) is 22.4 Å². The van der Waals surface area contributed by atoms with Crippen molar-refractivity contribution in [3.05, 3.63) is 45.6 Å². The minimum absolute atomic E-state index is 0.0900. The van der Waals surface area contributed by atoms with Crippen LogP contribution in [0.15, 0.2) is 34.8 Å². The summed E-state index contributed by atoms with van der Waals surface area (Å²) in [4.78, 5) is 7.32. The van der Waals surface area contributed by atoms with E-state index in [-0.39, 0.29) is 11.6 Å². The molecule has 0 atom stereocenters. The highest BCUT2D eigenvalue weighted by atomic mass is 79.9. The first-order valence-electron chi connectivity index (χ1n) is 5.38. The molecule has 3 rings (SSSR count). The summed E-state index contributed by atoms with van der Waals surface area (Å²) in [5.41, 5.74) is 1.74. The standard InChI is InChI=1S/C13H7BrClFN2O/c14-8-4-11-12(5-10(8)16)18-13(17-11)7-3-6(19)1-2-9(7)15/h1-5,19H,(H,17,18). The van der Waals surface area contributed by atoms with Gasteiger partial charge in [0.05, 0.1) is 20.5 Å². The highest BCUT2D eigenvalue weighted by Crippen LogP contribution is 2.31. The van der Waals surface area contributed by atoms with Gasteiger partial charge in [0.25, 0.3) is 0 Å². The topological polar surface area (TPSA) is 48.9 Å². The lowest BCUT2D eigenvalue weighted by Gasteiger charge is -2.00. The Hall–Kier alpha value is -1.59. The molecular formula is C13H7BrClFN2O. The van der Waals surface area contributed by atoms with Crippen LogP contribution in [0, 0.1) is 5.82 Å². The average Bonchev–Trinajstić information content (AvgIpc) is 2.75. The molecule has 19 heavy (non-hydrogen) atoms. The zero-order valence-electron chi connectivity index (χ0n) is 9.42. The SMILES string of the molecule is Oc1ccc(Cl)c(-c2nc3cc(Br)c(F)cc3[nH]2)c1. The lowest BCUT2D eigenvalue weighted by atomic mass is 10.2. The molecular weight excluding hydrogens is 335 g/mol. The number of nitrogens with one attached hydrogen (secondary N) is 1. The maximum atomic E-state index is 13.4. The van der Waals surface area contributed by atoms with Crippen LogP contribution in [0.2, 0.25) is 5.02 Å². The maximum absolute atomic E-state index is 13.4. The van der Waals surface area contributed by atoms with Gasteiger partial charge in [0, 0.05) is 11.6 Å². The predicted molar refractivity (Wildman–Crippen MR) is 75.9 cm³/mol. The quantitative estimate of drug-likeness (QED) is 0.685. The minimum atomic E-state index is -0.371. The van der Waals surface area contributed by atoms with Crippen LogP contribution in [0.5, 0.6) is 5.75 Å². The van der Waals surface area contributed by atoms with E-state index in [9.17, 15) is 9.50 Å². The Balaban J connectivity index is 2.23. The molecule has 0 aliphatic rings. The molecule has 0 spiro atoms. The van der Waals surface area contributed by atoms with Crippen molar-refractivity contribution in [1.29, 1.82) is 0 Å². The molecule has 2 aromatic carbocycles. The molecule has 0 bridgehead atoms. The summed E-state index contributed by atoms with van der Waals surface area (Å²) < 4.78 is 13.8. The number of aromatic amines is 1. The molecule has 2 N–H and O–H groups in total. The van der Waals surface area contributed by atoms with Crippen molar-refractivity contribution in [2.45, 2.75) is 0 Å². The molecule has 6 heteroatoms. The van der Waals surface area contributed by atoms with Gasteiger partial charge in [-0.2, -0.15) is 0 Å². The predicted octanol–water partition coefficient (Wildman–Crippen LogP) is 4.49. The monoisotopic (exact) mass is 340 g/mol. The highest BCUT2D eigenvalue weighted by Gasteiger charge is 2.11. The van der Waals surface area contributed by atoms with Gasteiger partial charge in [-0.25, -0.2) is 9.37 Å². The summed E-state index contributed by atoms with van der Waals surface area (Å²) in [5.74, 6) is 0.199. The number of imidazole rings is 1. The Morgan fingerprint density at radius 1 is 1.26 bits per heavy atom. The normalized spacial score (nSPS) is 11.1. The largest absolute Gasteiger partial charge is 0.508 e. The molecule has 1 aromatic heterocycles. The van der Waals surface area contributed by atoms with Crippen LogP contribution in [-0.4, -0.2) is 15.1 Å². The van der Waals surface area contributed by atoms with Gasteiger partial charge in [-0.15, -0.1) is 0 Å². The van der Waals surface area contributed by atoms with E-state index in [2.05, 4.69) is 25.9 Å². The first-order valence-corrected chi connectivity index (χ1v) is 6.55. The molecule has 3 nitrogen and oxygen atoms in total. The number of phenols is 1. The van der Waals surface area contributed by atoms with E-state index in [0.717, 1.165) is 0 Å². The third-order valence-corrected chi connectivity index (χ3v) is 3.67. The summed E-state index contributed by atoms with van der Waals surface area (Å²) >= 11 is 9.18. The molecule has 0 unspecified atom stereocenters. The molecule has 0 aliphatic carbocycles. The third kappa shape index (κ3) is 2.19. The van der Waals surface area contributed by atoms with Crippen molar-refractivity contribution in [3.8, 4) is 17.1 Å². The van der Waals surface area contributed by atoms with Gasteiger partial charge in [0.1, 0.15) is 17.4 Å². The number of phenolic OH excluding ortho intramolecular Hbond substituents is 1. The summed E-state index contributed by atoms with van der Waals surface area (Å²) in [5, 5.41) is 9.95. The first kappa shape index (κ1) is 12.4. The van der Waals surface area contributed by atoms with E-state index in [1.165, 1.54) is 18.2 Å². The van der Waals surface area contributed by atoms with Crippen molar-refractivity contribution in [2.75, 3.05) is 0 Å². The Kier molecular flexibility index (Phi) is 2.95. The highest BCUT2D eigenvalue weighted by molar-refractivity contribution is 9.10. The van der Waals surface area contributed by atoms with E-state index in [1.54, 1.807) is 12.1 Å². The first-order chi connectivity index (χ1) is 9.04. The number of fused-ring (bicyclic) bond motifs is 1. The zero-order chi connectivity index (χ0) is 13.6. The molecule has 0 aliphatic heterocycles. The molecule has 0 fully saturated rings. The lowest BCUT2D eigenvalue weighted by Crippen LogP contribution is -1.81. The molecule has 96 valence electrons. The van der Waals surface area contributed by atoms with Crippen molar-refractivity contribution in [1.82, 2.24) is 9.97 Å². The number of H-pyrrole nitrogens is 1. The number of rotatable bonds is 1. The van der Waals surface area contributed by atoms with Gasteiger partial charge in [-0.3, -0.25) is 0 Å². The van der Waals surface area contributed by atoms with Crippen molar-refractivity contribution in [3.63, 3.8) is 0 Å². The Labute approximate surface area is 121 Å². The summed E-state index contributed by atoms with van der Waals surface area (Å²) in [7, 11) is 0. The van der Waals surface area contributed by atoms with Crippen molar-refractivity contribution < 1.29 is 9.50 Å². The molecule has 0 saturated heterocycles. The Morgan fingerprint density at radius 2 is 2.05 bits per heavy atom. The zero-order valence-corrected chi connectivity index (χ0v) is 11.8. The summed E-state index contributed by atoms with van der Waals surface area (Å²) in [6.07, 6.45) is 0. The molecule has 1 heterocycles. The van der Waals surface area contributed by atoms with Crippen LogP contribution < -0.4 is 0 Å². The lowest BCUT2D eigenvalue weighted by molar-refractivity contribution is 0.475. The van der Waals surface area contributed by atoms with Crippen LogP contribution >= 0.6 is 27.5 Å². The second-order valence-electron chi connectivity index (χ2n) is 4.03. The van der Waals surface area contributed by atoms with Crippen LogP contribution in [-0.2, 0) is 0 Å². The van der Waals surface area contributed by atoms with Gasteiger partial charge in [-0.1, -0.05) is 11.6 Å². The van der Waals surface area contributed by atoms with Gasteiger partial charge in [-0.05, 0) is 40.2 Å². The van der Waals surface area contributed by atoms with Gasteiger partial charge in [0.2, 0.25) is 0 Å². The van der Waals surface area contributed by atoms with E-state index < -0.39 is 0 Å². The maximum Gasteiger partial charge on any atom is 0.140 e. The second-order valence-corrected chi connectivity index (χ2v) is 5.29. The van der Waals surface area contributed by atoms with Crippen molar-refractivity contribution >= 4 is 38.6 Å². The van der Waals surface area contributed by atoms with E-state index >= 15 is 0 Å². The van der Waals surface area contributed by atoms with Gasteiger partial charge in [0.15, 0.2) is 0 Å². The fourth-order valence-corrected chi connectivity index (χ4v) is 2.37. The number of benzene rings is 2. The number of hydrogen-bond donors (Lipinski definition) is 2. The third-order valence-electron chi connectivity index (χ3n) is 2.73. The number of aromatic hydroxyl groups is 1. The van der Waals surface area contributed by atoms with Gasteiger partial charge < -0.3 is 10.1 Å². The Bertz CT molecular complexity index is 749. The number of aromatic nitrogens is 2. The smallest absolute Gasteiger partial charge is 0.140 e. The van der Waals surface area contributed by atoms with Gasteiger partial charge >= 0.3 is 0 Å². The van der Waals surface area contributed by atoms with Crippen molar-refractivity contribution in [2.24, 2.45) is 0 Å². The minimum Gasteiger partial charge on any atom is -0.508 e. The second kappa shape index (κ2) is 4.51. The van der Waals surface area contributed by atoms with E-state index in [0.29, 0.717) is 31.9 Å². The Morgan fingerprint density at radius 3 is 2.84 bits per heavy atom. The van der Waals surface area contributed by atoms with Crippen LogP contribution in [0.4, 0.5) is 4.39 Å². The number of nitrogens with zero attached hydrogens (tertiary/aromatic N) is 1. The van der Waals surface area contributed by atoms with Crippen LogP contribution in [0.3, 0.4) is 0 Å².